The maximum atomic E-state index is 9.23. The summed E-state index contributed by atoms with van der Waals surface area (Å²) < 4.78 is 0. The molecule has 0 amide bonds. The molecule has 7 rings (SSSR count). The molecule has 2 aromatic carbocycles. The lowest BCUT2D eigenvalue weighted by Gasteiger charge is -2.34. The predicted molar refractivity (Wildman–Crippen MR) is 212 cm³/mol. The predicted octanol–water partition coefficient (Wildman–Crippen LogP) is 11.4. The molecule has 2 aromatic rings. The lowest BCUT2D eigenvalue weighted by molar-refractivity contribution is 0.394. The average molecular weight is 660 g/mol. The molecule has 50 heavy (non-hydrogen) atoms. The number of anilines is 1. The lowest BCUT2D eigenvalue weighted by Crippen LogP contribution is -2.42. The molecule has 3 nitrogen and oxygen atoms in total. The van der Waals surface area contributed by atoms with Gasteiger partial charge in [0.1, 0.15) is 0 Å². The van der Waals surface area contributed by atoms with E-state index in [0.29, 0.717) is 41.5 Å². The van der Waals surface area contributed by atoms with Crippen molar-refractivity contribution in [2.75, 3.05) is 4.90 Å². The van der Waals surface area contributed by atoms with Gasteiger partial charge in [-0.15, -0.1) is 0 Å². The Morgan fingerprint density at radius 1 is 1.06 bits per heavy atom. The molecule has 1 N–H and O–H groups in total. The van der Waals surface area contributed by atoms with Crippen LogP contribution in [-0.2, 0) is 0 Å². The first-order chi connectivity index (χ1) is 24.3. The van der Waals surface area contributed by atoms with E-state index in [9.17, 15) is 5.26 Å². The highest BCUT2D eigenvalue weighted by atomic mass is 15.2. The van der Waals surface area contributed by atoms with Crippen molar-refractivity contribution in [2.45, 2.75) is 103 Å². The number of allylic oxidation sites excluding steroid dienone is 11. The van der Waals surface area contributed by atoms with Gasteiger partial charge in [0.15, 0.2) is 0 Å². The molecule has 256 valence electrons. The number of rotatable bonds is 9. The van der Waals surface area contributed by atoms with Crippen molar-refractivity contribution in [3.05, 3.63) is 149 Å². The van der Waals surface area contributed by atoms with Crippen LogP contribution in [0.1, 0.15) is 105 Å². The van der Waals surface area contributed by atoms with Gasteiger partial charge in [0.25, 0.3) is 0 Å². The van der Waals surface area contributed by atoms with Gasteiger partial charge in [-0.25, -0.2) is 0 Å². The number of nitrogens with zero attached hydrogens (tertiary/aromatic N) is 2. The summed E-state index contributed by atoms with van der Waals surface area (Å²) in [6.45, 7) is 12.9. The molecule has 3 heteroatoms. The molecule has 0 spiro atoms. The molecule has 4 aliphatic carbocycles. The van der Waals surface area contributed by atoms with E-state index < -0.39 is 0 Å². The second-order valence-electron chi connectivity index (χ2n) is 15.3. The highest BCUT2D eigenvalue weighted by Crippen LogP contribution is 2.50. The van der Waals surface area contributed by atoms with Crippen LogP contribution >= 0.6 is 0 Å². The van der Waals surface area contributed by atoms with Gasteiger partial charge in [-0.05, 0) is 128 Å². The number of hydrogen-bond acceptors (Lipinski definition) is 3. The van der Waals surface area contributed by atoms with Gasteiger partial charge in [-0.1, -0.05) is 105 Å². The van der Waals surface area contributed by atoms with E-state index in [1.165, 1.54) is 69.6 Å². The molecule has 7 atom stereocenters. The Bertz CT molecular complexity index is 1890. The van der Waals surface area contributed by atoms with Gasteiger partial charge in [0, 0.05) is 40.9 Å². The molecule has 5 aliphatic rings. The molecule has 1 heterocycles. The number of fused-ring (bicyclic) bond motifs is 3. The molecule has 0 aromatic heterocycles. The van der Waals surface area contributed by atoms with Gasteiger partial charge in [-0.3, -0.25) is 0 Å². The van der Waals surface area contributed by atoms with Crippen LogP contribution in [-0.4, -0.2) is 18.1 Å². The van der Waals surface area contributed by atoms with Crippen LogP contribution in [0.3, 0.4) is 0 Å². The quantitative estimate of drug-likeness (QED) is 0.215. The van der Waals surface area contributed by atoms with Crippen molar-refractivity contribution in [3.63, 3.8) is 0 Å². The summed E-state index contributed by atoms with van der Waals surface area (Å²) in [7, 11) is 0. The minimum atomic E-state index is 0.154. The molecule has 0 saturated carbocycles. The van der Waals surface area contributed by atoms with Gasteiger partial charge in [-0.2, -0.15) is 5.26 Å². The maximum Gasteiger partial charge on any atom is 0.0943 e. The molecule has 1 aliphatic heterocycles. The number of nitriles is 1. The van der Waals surface area contributed by atoms with Crippen molar-refractivity contribution >= 4 is 16.8 Å². The van der Waals surface area contributed by atoms with Crippen LogP contribution in [0.15, 0.2) is 121 Å². The largest absolute Gasteiger partial charge is 0.337 e. The summed E-state index contributed by atoms with van der Waals surface area (Å²) in [5.41, 5.74) is 13.0. The summed E-state index contributed by atoms with van der Waals surface area (Å²) >= 11 is 0. The Morgan fingerprint density at radius 2 is 1.92 bits per heavy atom. The smallest absolute Gasteiger partial charge is 0.0943 e. The SMILES string of the molecule is C=C(C#N)C(C)C/C=C(\C)c1cccc(C2=CCCC(N3c4ccc(C5CCC=CC5NC5C=CC(C)CC5)c(C)c4C4C=CC=CC43)=C2)c1. The van der Waals surface area contributed by atoms with E-state index in [2.05, 4.69) is 154 Å². The standard InChI is InChI=1S/C47H53N3/c1-31-20-24-39(25-21-31)49-44-18-8-6-16-42(44)41-26-27-46-47(35(41)5)43-17-7-9-19-45(43)50(46)40-15-11-14-38(29-40)37-13-10-12-36(28-37)33(3)23-22-32(2)34(4)30-48/h7-10,12-14,17-20,23-24,26-29,31-32,39,42-45,49H,4,6,11,15-16,21-22,25H2,1-3,5H3/b33-23+. The number of hydrogen-bond donors (Lipinski definition) is 1. The first-order valence-electron chi connectivity index (χ1n) is 19.0. The lowest BCUT2D eigenvalue weighted by atomic mass is 9.78. The first-order valence-corrected chi connectivity index (χ1v) is 19.0. The first kappa shape index (κ1) is 34.1. The fourth-order valence-electron chi connectivity index (χ4n) is 8.82. The summed E-state index contributed by atoms with van der Waals surface area (Å²) in [6.07, 6.45) is 33.8. The molecule has 7 unspecified atom stereocenters. The zero-order valence-electron chi connectivity index (χ0n) is 30.4. The molecule has 0 bridgehead atoms. The third-order valence-electron chi connectivity index (χ3n) is 11.9. The van der Waals surface area contributed by atoms with Crippen LogP contribution in [0.25, 0.3) is 11.1 Å². The Balaban J connectivity index is 1.17. The molecular weight excluding hydrogens is 607 g/mol. The highest BCUT2D eigenvalue weighted by molar-refractivity contribution is 5.81. The second kappa shape index (κ2) is 14.8. The summed E-state index contributed by atoms with van der Waals surface area (Å²) in [4.78, 5) is 2.66. The topological polar surface area (TPSA) is 39.1 Å². The van der Waals surface area contributed by atoms with E-state index in [1.807, 2.05) is 0 Å². The third-order valence-corrected chi connectivity index (χ3v) is 11.9. The zero-order chi connectivity index (χ0) is 34.8. The fraction of sp³-hybridized carbons (Fsp3) is 0.383. The molecule has 0 saturated heterocycles. The third kappa shape index (κ3) is 6.84. The van der Waals surface area contributed by atoms with E-state index in [0.717, 1.165) is 25.7 Å². The Labute approximate surface area is 300 Å². The number of benzene rings is 2. The highest BCUT2D eigenvalue weighted by Gasteiger charge is 2.41. The van der Waals surface area contributed by atoms with Gasteiger partial charge in [0.05, 0.1) is 12.1 Å². The number of nitrogens with one attached hydrogen (secondary N) is 1. The monoisotopic (exact) mass is 659 g/mol. The fourth-order valence-corrected chi connectivity index (χ4v) is 8.82. The molecular formula is C47H53N3. The summed E-state index contributed by atoms with van der Waals surface area (Å²) in [5.74, 6) is 1.68. The Morgan fingerprint density at radius 3 is 2.74 bits per heavy atom. The van der Waals surface area contributed by atoms with Crippen molar-refractivity contribution in [1.82, 2.24) is 5.32 Å². The van der Waals surface area contributed by atoms with Gasteiger partial charge in [0.2, 0.25) is 0 Å². The maximum absolute atomic E-state index is 9.23. The van der Waals surface area contributed by atoms with E-state index >= 15 is 0 Å². The summed E-state index contributed by atoms with van der Waals surface area (Å²) in [6, 6.07) is 17.2. The average Bonchev–Trinajstić information content (AvgIpc) is 3.50. The van der Waals surface area contributed by atoms with E-state index in [1.54, 1.807) is 0 Å². The van der Waals surface area contributed by atoms with Gasteiger partial charge >= 0.3 is 0 Å². The van der Waals surface area contributed by atoms with E-state index in [4.69, 9.17) is 0 Å². The van der Waals surface area contributed by atoms with Crippen LogP contribution in [0.4, 0.5) is 5.69 Å². The molecule has 0 radical (unpaired) electrons. The normalized spacial score (nSPS) is 27.7. The van der Waals surface area contributed by atoms with Gasteiger partial charge < -0.3 is 10.2 Å². The summed E-state index contributed by atoms with van der Waals surface area (Å²) in [5, 5.41) is 13.3. The Kier molecular flexibility index (Phi) is 10.1. The minimum absolute atomic E-state index is 0.154. The second-order valence-corrected chi connectivity index (χ2v) is 15.3. The van der Waals surface area contributed by atoms with Crippen molar-refractivity contribution in [1.29, 1.82) is 5.26 Å². The van der Waals surface area contributed by atoms with Crippen LogP contribution in [0.5, 0.6) is 0 Å². The van der Waals surface area contributed by atoms with Crippen molar-refractivity contribution in [3.8, 4) is 6.07 Å². The van der Waals surface area contributed by atoms with E-state index in [-0.39, 0.29) is 5.92 Å². The molecule has 0 fully saturated rings. The van der Waals surface area contributed by atoms with Crippen LogP contribution < -0.4 is 10.2 Å². The minimum Gasteiger partial charge on any atom is -0.337 e. The zero-order valence-corrected chi connectivity index (χ0v) is 30.4. The van der Waals surface area contributed by atoms with Crippen LogP contribution in [0, 0.1) is 30.1 Å². The van der Waals surface area contributed by atoms with Crippen molar-refractivity contribution < 1.29 is 0 Å². The van der Waals surface area contributed by atoms with Crippen LogP contribution in [0.2, 0.25) is 0 Å². The van der Waals surface area contributed by atoms with Crippen molar-refractivity contribution in [2.24, 2.45) is 11.8 Å². The Hall–Kier alpha value is -4.39.